The van der Waals surface area contributed by atoms with Crippen LogP contribution in [0.1, 0.15) is 97.1 Å². The van der Waals surface area contributed by atoms with E-state index in [4.69, 9.17) is 14.2 Å². The highest BCUT2D eigenvalue weighted by Gasteiger charge is 2.35. The van der Waals surface area contributed by atoms with Crippen molar-refractivity contribution in [3.63, 3.8) is 0 Å². The zero-order valence-electron chi connectivity index (χ0n) is 18.3. The minimum atomic E-state index is -0.339. The van der Waals surface area contributed by atoms with Crippen molar-refractivity contribution in [3.05, 3.63) is 23.3 Å². The lowest BCUT2D eigenvalue weighted by Gasteiger charge is -2.34. The van der Waals surface area contributed by atoms with Crippen molar-refractivity contribution in [2.75, 3.05) is 0 Å². The molecule has 0 N–H and O–H groups in total. The van der Waals surface area contributed by atoms with Crippen molar-refractivity contribution in [2.24, 2.45) is 0 Å². The van der Waals surface area contributed by atoms with Crippen LogP contribution < -0.4 is 14.2 Å². The summed E-state index contributed by atoms with van der Waals surface area (Å²) in [7, 11) is 0. The van der Waals surface area contributed by atoms with Crippen molar-refractivity contribution in [1.82, 2.24) is 0 Å². The second kappa shape index (κ2) is 7.31. The summed E-state index contributed by atoms with van der Waals surface area (Å²) >= 11 is 0. The summed E-state index contributed by atoms with van der Waals surface area (Å²) in [4.78, 5) is 0. The number of fused-ring (bicyclic) bond motifs is 1. The minimum Gasteiger partial charge on any atom is -0.486 e. The van der Waals surface area contributed by atoms with Gasteiger partial charge < -0.3 is 14.2 Å². The van der Waals surface area contributed by atoms with Crippen LogP contribution in [-0.4, -0.2) is 17.8 Å². The second-order valence-electron chi connectivity index (χ2n) is 10.3. The van der Waals surface area contributed by atoms with E-state index >= 15 is 0 Å². The number of hydrogen-bond acceptors (Lipinski definition) is 3. The van der Waals surface area contributed by atoms with Gasteiger partial charge in [0.15, 0.2) is 11.5 Å². The fourth-order valence-corrected chi connectivity index (χ4v) is 4.59. The van der Waals surface area contributed by atoms with Gasteiger partial charge in [-0.25, -0.2) is 0 Å². The first-order valence-corrected chi connectivity index (χ1v) is 11.2. The zero-order valence-corrected chi connectivity index (χ0v) is 18.3. The van der Waals surface area contributed by atoms with Crippen LogP contribution in [0.25, 0.3) is 6.08 Å². The van der Waals surface area contributed by atoms with Crippen LogP contribution in [0.3, 0.4) is 0 Å². The summed E-state index contributed by atoms with van der Waals surface area (Å²) in [6.45, 7) is 11.0. The van der Waals surface area contributed by atoms with E-state index < -0.39 is 0 Å². The molecule has 0 unspecified atom stereocenters. The van der Waals surface area contributed by atoms with E-state index in [1.54, 1.807) is 0 Å². The largest absolute Gasteiger partial charge is 0.486 e. The number of hydrogen-bond donors (Lipinski definition) is 0. The normalized spacial score (nSPS) is 22.2. The zero-order chi connectivity index (χ0) is 19.9. The smallest absolute Gasteiger partial charge is 0.204 e. The molecule has 0 radical (unpaired) electrons. The third kappa shape index (κ3) is 4.04. The summed E-state index contributed by atoms with van der Waals surface area (Å²) in [5.74, 6) is 2.63. The Morgan fingerprint density at radius 1 is 0.893 bits per heavy atom. The Morgan fingerprint density at radius 2 is 1.43 bits per heavy atom. The quantitative estimate of drug-likeness (QED) is 0.570. The lowest BCUT2D eigenvalue weighted by Crippen LogP contribution is -2.29. The van der Waals surface area contributed by atoms with Gasteiger partial charge in [0.1, 0.15) is 5.60 Å². The molecule has 0 spiro atoms. The Balaban J connectivity index is 1.84. The Labute approximate surface area is 170 Å². The fourth-order valence-electron chi connectivity index (χ4n) is 4.59. The molecule has 0 atom stereocenters. The molecule has 4 rings (SSSR count). The molecule has 3 aliphatic rings. The SMILES string of the molecule is CC1(C)C=Cc2cc(C(C)(C)C)c(OC3CCCC3)c(OC3CCCC3)c2O1. The standard InChI is InChI=1S/C25H36O3/c1-24(2,3)20-16-17-14-15-25(4,5)28-21(17)23(27-19-12-8-9-13-19)22(20)26-18-10-6-7-11-18/h14-16,18-19H,6-13H2,1-5H3. The van der Waals surface area contributed by atoms with Crippen LogP contribution in [0, 0.1) is 0 Å². The summed E-state index contributed by atoms with van der Waals surface area (Å²) in [5.41, 5.74) is 1.96. The minimum absolute atomic E-state index is 0.0302. The lowest BCUT2D eigenvalue weighted by atomic mass is 9.84. The predicted octanol–water partition coefficient (Wildman–Crippen LogP) is 6.81. The average Bonchev–Trinajstić information content (AvgIpc) is 3.29. The van der Waals surface area contributed by atoms with Crippen molar-refractivity contribution >= 4 is 6.08 Å². The van der Waals surface area contributed by atoms with E-state index in [2.05, 4.69) is 52.8 Å². The van der Waals surface area contributed by atoms with Gasteiger partial charge in [-0.3, -0.25) is 0 Å². The van der Waals surface area contributed by atoms with Gasteiger partial charge in [-0.05, 0) is 82.8 Å². The molecule has 0 saturated heterocycles. The van der Waals surface area contributed by atoms with Gasteiger partial charge in [-0.2, -0.15) is 0 Å². The second-order valence-corrected chi connectivity index (χ2v) is 10.3. The summed E-state index contributed by atoms with van der Waals surface area (Å²) in [6, 6.07) is 2.26. The van der Waals surface area contributed by atoms with Crippen LogP contribution in [0.2, 0.25) is 0 Å². The molecule has 2 aliphatic carbocycles. The molecule has 0 aromatic heterocycles. The fraction of sp³-hybridized carbons (Fsp3) is 0.680. The summed E-state index contributed by atoms with van der Waals surface area (Å²) < 4.78 is 19.8. The topological polar surface area (TPSA) is 27.7 Å². The lowest BCUT2D eigenvalue weighted by molar-refractivity contribution is 0.127. The van der Waals surface area contributed by atoms with Crippen molar-refractivity contribution in [1.29, 1.82) is 0 Å². The van der Waals surface area contributed by atoms with E-state index in [0.717, 1.165) is 48.5 Å². The third-order valence-corrected chi connectivity index (χ3v) is 6.23. The maximum absolute atomic E-state index is 6.68. The molecule has 154 valence electrons. The molecule has 0 amide bonds. The number of ether oxygens (including phenoxy) is 3. The van der Waals surface area contributed by atoms with E-state index in [0.29, 0.717) is 0 Å². The Morgan fingerprint density at radius 3 is 1.96 bits per heavy atom. The Bertz CT molecular complexity index is 742. The third-order valence-electron chi connectivity index (χ3n) is 6.23. The van der Waals surface area contributed by atoms with Gasteiger partial charge >= 0.3 is 0 Å². The van der Waals surface area contributed by atoms with Crippen LogP contribution in [0.5, 0.6) is 17.2 Å². The monoisotopic (exact) mass is 384 g/mol. The molecular weight excluding hydrogens is 348 g/mol. The van der Waals surface area contributed by atoms with Crippen molar-refractivity contribution < 1.29 is 14.2 Å². The van der Waals surface area contributed by atoms with E-state index in [-0.39, 0.29) is 23.2 Å². The molecule has 2 saturated carbocycles. The van der Waals surface area contributed by atoms with Gasteiger partial charge in [0.2, 0.25) is 5.75 Å². The van der Waals surface area contributed by atoms with Gasteiger partial charge in [-0.1, -0.05) is 26.8 Å². The molecule has 28 heavy (non-hydrogen) atoms. The first kappa shape index (κ1) is 19.7. The van der Waals surface area contributed by atoms with Crippen LogP contribution >= 0.6 is 0 Å². The summed E-state index contributed by atoms with van der Waals surface area (Å²) in [6.07, 6.45) is 14.4. The van der Waals surface area contributed by atoms with Gasteiger partial charge in [-0.15, -0.1) is 0 Å². The molecule has 1 aromatic carbocycles. The van der Waals surface area contributed by atoms with Gasteiger partial charge in [0.25, 0.3) is 0 Å². The molecule has 2 fully saturated rings. The molecule has 1 aromatic rings. The molecule has 0 bridgehead atoms. The predicted molar refractivity (Wildman–Crippen MR) is 115 cm³/mol. The van der Waals surface area contributed by atoms with E-state index in [1.165, 1.54) is 31.2 Å². The summed E-state index contributed by atoms with van der Waals surface area (Å²) in [5, 5.41) is 0. The maximum Gasteiger partial charge on any atom is 0.204 e. The average molecular weight is 385 g/mol. The highest BCUT2D eigenvalue weighted by atomic mass is 16.6. The van der Waals surface area contributed by atoms with Crippen molar-refractivity contribution in [3.8, 4) is 17.2 Å². The van der Waals surface area contributed by atoms with Crippen molar-refractivity contribution in [2.45, 2.75) is 109 Å². The number of benzene rings is 1. The molecule has 3 heteroatoms. The molecule has 3 nitrogen and oxygen atoms in total. The van der Waals surface area contributed by atoms with Gasteiger partial charge in [0, 0.05) is 11.1 Å². The Hall–Kier alpha value is -1.64. The molecule has 1 aliphatic heterocycles. The maximum atomic E-state index is 6.68. The first-order valence-electron chi connectivity index (χ1n) is 11.2. The van der Waals surface area contributed by atoms with Crippen LogP contribution in [-0.2, 0) is 5.41 Å². The highest BCUT2D eigenvalue weighted by molar-refractivity contribution is 5.72. The van der Waals surface area contributed by atoms with E-state index in [1.807, 2.05) is 0 Å². The van der Waals surface area contributed by atoms with Crippen LogP contribution in [0.15, 0.2) is 12.1 Å². The first-order chi connectivity index (χ1) is 13.2. The number of rotatable bonds is 4. The van der Waals surface area contributed by atoms with E-state index in [9.17, 15) is 0 Å². The Kier molecular flexibility index (Phi) is 5.14. The molecule has 1 heterocycles. The highest BCUT2D eigenvalue weighted by Crippen LogP contribution is 2.51. The van der Waals surface area contributed by atoms with Gasteiger partial charge in [0.05, 0.1) is 12.2 Å². The molecular formula is C25H36O3. The van der Waals surface area contributed by atoms with Crippen LogP contribution in [0.4, 0.5) is 0 Å².